The Bertz CT molecular complexity index is 548. The summed E-state index contributed by atoms with van der Waals surface area (Å²) in [6.45, 7) is 0.237. The van der Waals surface area contributed by atoms with E-state index in [2.05, 4.69) is 4.72 Å². The molecule has 18 heavy (non-hydrogen) atoms. The summed E-state index contributed by atoms with van der Waals surface area (Å²) in [7, 11) is -0.621. The molecule has 2 N–H and O–H groups in total. The number of hydrogen-bond acceptors (Lipinski definition) is 4. The van der Waals surface area contributed by atoms with E-state index in [-0.39, 0.29) is 6.54 Å². The third-order valence-electron chi connectivity index (χ3n) is 2.14. The van der Waals surface area contributed by atoms with E-state index in [1.165, 1.54) is 35.8 Å². The van der Waals surface area contributed by atoms with Gasteiger partial charge in [-0.2, -0.15) is 12.7 Å². The minimum atomic E-state index is -3.44. The molecule has 0 fully saturated rings. The van der Waals surface area contributed by atoms with E-state index in [0.29, 0.717) is 0 Å². The number of hydrogen-bond donors (Lipinski definition) is 2. The Morgan fingerprint density at radius 3 is 2.83 bits per heavy atom. The summed E-state index contributed by atoms with van der Waals surface area (Å²) in [5, 5.41) is 10.3. The van der Waals surface area contributed by atoms with Gasteiger partial charge in [0, 0.05) is 31.6 Å². The van der Waals surface area contributed by atoms with Gasteiger partial charge in [0.1, 0.15) is 0 Å². The summed E-state index contributed by atoms with van der Waals surface area (Å²) in [5.41, 5.74) is 0.811. The number of carbonyl (C=O) groups is 1. The van der Waals surface area contributed by atoms with E-state index >= 15 is 0 Å². The smallest absolute Gasteiger partial charge is 0.328 e. The molecule has 0 aromatic carbocycles. The molecule has 0 bridgehead atoms. The summed E-state index contributed by atoms with van der Waals surface area (Å²) in [6.07, 6.45) is 2.52. The maximum Gasteiger partial charge on any atom is 0.328 e. The molecule has 0 aliphatic carbocycles. The highest BCUT2D eigenvalue weighted by atomic mass is 32.2. The van der Waals surface area contributed by atoms with Gasteiger partial charge in [0.05, 0.1) is 0 Å². The fourth-order valence-electron chi connectivity index (χ4n) is 1.22. The van der Waals surface area contributed by atoms with Crippen LogP contribution in [0.15, 0.2) is 17.5 Å². The molecular formula is C10H14N2O4S2. The molecule has 0 unspecified atom stereocenters. The molecule has 6 nitrogen and oxygen atoms in total. The number of carboxylic acid groups (broad SMARTS) is 1. The lowest BCUT2D eigenvalue weighted by Gasteiger charge is -2.14. The predicted molar refractivity (Wildman–Crippen MR) is 70.4 cm³/mol. The van der Waals surface area contributed by atoms with Gasteiger partial charge in [-0.25, -0.2) is 9.52 Å². The average Bonchev–Trinajstić information content (AvgIpc) is 2.74. The molecule has 1 aromatic heterocycles. The third-order valence-corrected chi connectivity index (χ3v) is 4.55. The second-order valence-corrected chi connectivity index (χ2v) is 6.42. The van der Waals surface area contributed by atoms with Gasteiger partial charge in [-0.15, -0.1) is 11.3 Å². The highest BCUT2D eigenvalue weighted by molar-refractivity contribution is 7.87. The molecule has 100 valence electrons. The Labute approximate surface area is 110 Å². The van der Waals surface area contributed by atoms with Crippen molar-refractivity contribution in [2.24, 2.45) is 0 Å². The normalized spacial score (nSPS) is 12.4. The van der Waals surface area contributed by atoms with Crippen molar-refractivity contribution in [2.75, 3.05) is 14.1 Å². The zero-order chi connectivity index (χ0) is 13.8. The molecule has 1 rings (SSSR count). The van der Waals surface area contributed by atoms with Crippen molar-refractivity contribution in [3.8, 4) is 0 Å². The molecule has 0 atom stereocenters. The van der Waals surface area contributed by atoms with Crippen molar-refractivity contribution < 1.29 is 18.3 Å². The molecule has 0 radical (unpaired) electrons. The topological polar surface area (TPSA) is 86.7 Å². The number of aliphatic carboxylic acids is 1. The van der Waals surface area contributed by atoms with Crippen LogP contribution < -0.4 is 4.72 Å². The van der Waals surface area contributed by atoms with Crippen molar-refractivity contribution in [3.05, 3.63) is 28.0 Å². The molecule has 1 aromatic rings. The van der Waals surface area contributed by atoms with Crippen molar-refractivity contribution >= 4 is 33.6 Å². The molecule has 1 heterocycles. The van der Waals surface area contributed by atoms with Gasteiger partial charge < -0.3 is 5.11 Å². The summed E-state index contributed by atoms with van der Waals surface area (Å²) < 4.78 is 26.3. The first-order chi connectivity index (χ1) is 8.35. The Kier molecular flexibility index (Phi) is 5.03. The summed E-state index contributed by atoms with van der Waals surface area (Å²) in [4.78, 5) is 11.1. The molecule has 0 aliphatic heterocycles. The highest BCUT2D eigenvalue weighted by Gasteiger charge is 2.15. The molecule has 0 amide bonds. The van der Waals surface area contributed by atoms with Crippen molar-refractivity contribution in [3.63, 3.8) is 0 Å². The zero-order valence-corrected chi connectivity index (χ0v) is 11.6. The van der Waals surface area contributed by atoms with Crippen LogP contribution in [0.1, 0.15) is 10.4 Å². The van der Waals surface area contributed by atoms with Gasteiger partial charge in [-0.3, -0.25) is 0 Å². The van der Waals surface area contributed by atoms with Crippen molar-refractivity contribution in [1.29, 1.82) is 0 Å². The SMILES string of the molecule is CNS(=O)(=O)N(C)Cc1csc(/C=C/C(=O)O)c1. The van der Waals surface area contributed by atoms with Crippen LogP contribution in [0.4, 0.5) is 0 Å². The van der Waals surface area contributed by atoms with Crippen LogP contribution in [0, 0.1) is 0 Å². The molecular weight excluding hydrogens is 276 g/mol. The van der Waals surface area contributed by atoms with E-state index in [1.807, 2.05) is 0 Å². The summed E-state index contributed by atoms with van der Waals surface area (Å²) >= 11 is 1.36. The van der Waals surface area contributed by atoms with Crippen LogP contribution in [-0.2, 0) is 21.5 Å². The largest absolute Gasteiger partial charge is 0.478 e. The number of thiophene rings is 1. The Balaban J connectivity index is 2.73. The monoisotopic (exact) mass is 290 g/mol. The van der Waals surface area contributed by atoms with E-state index in [0.717, 1.165) is 16.5 Å². The van der Waals surface area contributed by atoms with Gasteiger partial charge >= 0.3 is 5.97 Å². The molecule has 0 saturated carbocycles. The maximum atomic E-state index is 11.5. The van der Waals surface area contributed by atoms with Crippen LogP contribution in [-0.4, -0.2) is 37.9 Å². The molecule has 0 saturated heterocycles. The number of nitrogens with one attached hydrogen (secondary N) is 1. The third kappa shape index (κ3) is 4.22. The van der Waals surface area contributed by atoms with Gasteiger partial charge in [0.15, 0.2) is 0 Å². The van der Waals surface area contributed by atoms with E-state index in [4.69, 9.17) is 5.11 Å². The quantitative estimate of drug-likeness (QED) is 0.757. The van der Waals surface area contributed by atoms with Crippen LogP contribution in [0.5, 0.6) is 0 Å². The van der Waals surface area contributed by atoms with E-state index in [9.17, 15) is 13.2 Å². The number of nitrogens with zero attached hydrogens (tertiary/aromatic N) is 1. The Morgan fingerprint density at radius 2 is 2.28 bits per heavy atom. The fraction of sp³-hybridized carbons (Fsp3) is 0.300. The predicted octanol–water partition coefficient (Wildman–Crippen LogP) is 0.742. The van der Waals surface area contributed by atoms with Crippen LogP contribution in [0.3, 0.4) is 0 Å². The second kappa shape index (κ2) is 6.10. The van der Waals surface area contributed by atoms with E-state index in [1.54, 1.807) is 11.4 Å². The summed E-state index contributed by atoms with van der Waals surface area (Å²) in [6, 6.07) is 1.76. The fourth-order valence-corrected chi connectivity index (χ4v) is 2.64. The minimum absolute atomic E-state index is 0.237. The van der Waals surface area contributed by atoms with Crippen molar-refractivity contribution in [1.82, 2.24) is 9.03 Å². The highest BCUT2D eigenvalue weighted by Crippen LogP contribution is 2.18. The minimum Gasteiger partial charge on any atom is -0.478 e. The maximum absolute atomic E-state index is 11.5. The lowest BCUT2D eigenvalue weighted by Crippen LogP contribution is -2.35. The van der Waals surface area contributed by atoms with Gasteiger partial charge in [-0.1, -0.05) is 0 Å². The van der Waals surface area contributed by atoms with E-state index < -0.39 is 16.2 Å². The molecule has 0 aliphatic rings. The number of carboxylic acids is 1. The summed E-state index contributed by atoms with van der Waals surface area (Å²) in [5.74, 6) is -1.01. The van der Waals surface area contributed by atoms with Crippen LogP contribution in [0.2, 0.25) is 0 Å². The first-order valence-electron chi connectivity index (χ1n) is 4.98. The lowest BCUT2D eigenvalue weighted by molar-refractivity contribution is -0.131. The molecule has 0 spiro atoms. The van der Waals surface area contributed by atoms with Crippen molar-refractivity contribution in [2.45, 2.75) is 6.54 Å². The Morgan fingerprint density at radius 1 is 1.61 bits per heavy atom. The average molecular weight is 290 g/mol. The van der Waals surface area contributed by atoms with Gasteiger partial charge in [-0.05, 0) is 23.1 Å². The lowest BCUT2D eigenvalue weighted by atomic mass is 10.3. The van der Waals surface area contributed by atoms with Gasteiger partial charge in [0.25, 0.3) is 10.2 Å². The first-order valence-corrected chi connectivity index (χ1v) is 7.30. The van der Waals surface area contributed by atoms with Gasteiger partial charge in [0.2, 0.25) is 0 Å². The van der Waals surface area contributed by atoms with Crippen LogP contribution in [0.25, 0.3) is 6.08 Å². The molecule has 8 heteroatoms. The van der Waals surface area contributed by atoms with Crippen LogP contribution >= 0.6 is 11.3 Å². The second-order valence-electron chi connectivity index (χ2n) is 3.49. The standard InChI is InChI=1S/C10H14N2O4S2/c1-11-18(15,16)12(2)6-8-5-9(17-7-8)3-4-10(13)14/h3-5,7,11H,6H2,1-2H3,(H,13,14)/b4-3+. The first kappa shape index (κ1) is 14.8. The Hall–Kier alpha value is -1.22. The number of rotatable bonds is 6. The zero-order valence-electron chi connectivity index (χ0n) is 9.95.